The molecular formula is C14H15N3O3. The summed E-state index contributed by atoms with van der Waals surface area (Å²) in [6.07, 6.45) is 1.51. The Bertz CT molecular complexity index is 584. The molecule has 0 unspecified atom stereocenters. The van der Waals surface area contributed by atoms with E-state index in [1.54, 1.807) is 31.4 Å². The van der Waals surface area contributed by atoms with E-state index in [0.717, 1.165) is 0 Å². The van der Waals surface area contributed by atoms with Crippen molar-refractivity contribution in [2.24, 2.45) is 0 Å². The highest BCUT2D eigenvalue weighted by atomic mass is 16.5. The van der Waals surface area contributed by atoms with Gasteiger partial charge in [-0.25, -0.2) is 9.78 Å². The maximum Gasteiger partial charge on any atom is 0.323 e. The Hall–Kier alpha value is -2.76. The van der Waals surface area contributed by atoms with Gasteiger partial charge in [0.1, 0.15) is 5.75 Å². The van der Waals surface area contributed by atoms with E-state index >= 15 is 0 Å². The number of nitrogens with one attached hydrogen (secondary N) is 2. The molecule has 6 heteroatoms. The van der Waals surface area contributed by atoms with Crippen LogP contribution in [0.5, 0.6) is 11.6 Å². The molecule has 0 spiro atoms. The van der Waals surface area contributed by atoms with Gasteiger partial charge in [0.25, 0.3) is 0 Å². The number of hydrogen-bond donors (Lipinski definition) is 2. The lowest BCUT2D eigenvalue weighted by atomic mass is 10.3. The molecule has 0 fully saturated rings. The fourth-order valence-corrected chi connectivity index (χ4v) is 1.61. The number of hydrogen-bond acceptors (Lipinski definition) is 4. The number of benzene rings is 1. The van der Waals surface area contributed by atoms with E-state index < -0.39 is 0 Å². The van der Waals surface area contributed by atoms with Crippen LogP contribution < -0.4 is 20.1 Å². The predicted molar refractivity (Wildman–Crippen MR) is 76.4 cm³/mol. The van der Waals surface area contributed by atoms with Gasteiger partial charge in [0, 0.05) is 6.07 Å². The van der Waals surface area contributed by atoms with Gasteiger partial charge >= 0.3 is 6.03 Å². The van der Waals surface area contributed by atoms with Crippen molar-refractivity contribution in [1.82, 2.24) is 4.98 Å². The molecular weight excluding hydrogens is 258 g/mol. The van der Waals surface area contributed by atoms with Crippen molar-refractivity contribution in [3.63, 3.8) is 0 Å². The number of para-hydroxylation sites is 2. The van der Waals surface area contributed by atoms with Crippen molar-refractivity contribution < 1.29 is 14.3 Å². The third-order valence-electron chi connectivity index (χ3n) is 2.56. The lowest BCUT2D eigenvalue weighted by Crippen LogP contribution is -2.19. The Balaban J connectivity index is 2.01. The van der Waals surface area contributed by atoms with Gasteiger partial charge in [-0.1, -0.05) is 12.1 Å². The van der Waals surface area contributed by atoms with E-state index in [2.05, 4.69) is 15.6 Å². The Morgan fingerprint density at radius 2 is 1.85 bits per heavy atom. The molecule has 2 rings (SSSR count). The molecule has 0 aliphatic heterocycles. The summed E-state index contributed by atoms with van der Waals surface area (Å²) in [6, 6.07) is 10.2. The highest BCUT2D eigenvalue weighted by Gasteiger charge is 2.07. The van der Waals surface area contributed by atoms with E-state index in [9.17, 15) is 4.79 Å². The minimum Gasteiger partial charge on any atom is -0.495 e. The van der Waals surface area contributed by atoms with Crippen LogP contribution in [0, 0.1) is 0 Å². The molecule has 0 bridgehead atoms. The van der Waals surface area contributed by atoms with Crippen LogP contribution in [0.15, 0.2) is 42.6 Å². The second kappa shape index (κ2) is 6.42. The second-order valence-electron chi connectivity index (χ2n) is 3.87. The van der Waals surface area contributed by atoms with Gasteiger partial charge in [0.05, 0.1) is 31.8 Å². The first kappa shape index (κ1) is 13.7. The molecule has 0 aliphatic rings. The molecule has 2 amide bonds. The monoisotopic (exact) mass is 273 g/mol. The number of nitrogens with zero attached hydrogens (tertiary/aromatic N) is 1. The number of carbonyl (C=O) groups is 1. The quantitative estimate of drug-likeness (QED) is 0.898. The molecule has 0 saturated carbocycles. The maximum absolute atomic E-state index is 11.9. The van der Waals surface area contributed by atoms with Crippen molar-refractivity contribution in [2.75, 3.05) is 24.9 Å². The summed E-state index contributed by atoms with van der Waals surface area (Å²) in [7, 11) is 3.08. The topological polar surface area (TPSA) is 72.5 Å². The summed E-state index contributed by atoms with van der Waals surface area (Å²) in [4.78, 5) is 15.9. The first-order valence-electron chi connectivity index (χ1n) is 5.94. The van der Waals surface area contributed by atoms with Crippen molar-refractivity contribution in [3.8, 4) is 11.6 Å². The number of urea groups is 1. The average molecular weight is 273 g/mol. The average Bonchev–Trinajstić information content (AvgIpc) is 2.48. The molecule has 6 nitrogen and oxygen atoms in total. The molecule has 1 aromatic carbocycles. The van der Waals surface area contributed by atoms with Crippen LogP contribution in [0.1, 0.15) is 0 Å². The first-order valence-corrected chi connectivity index (χ1v) is 5.94. The van der Waals surface area contributed by atoms with Crippen molar-refractivity contribution in [1.29, 1.82) is 0 Å². The van der Waals surface area contributed by atoms with E-state index in [0.29, 0.717) is 23.0 Å². The Labute approximate surface area is 116 Å². The van der Waals surface area contributed by atoms with Gasteiger partial charge in [-0.2, -0.15) is 0 Å². The number of pyridine rings is 1. The molecule has 1 aromatic heterocycles. The molecule has 0 radical (unpaired) electrons. The van der Waals surface area contributed by atoms with Crippen LogP contribution in [0.25, 0.3) is 0 Å². The maximum atomic E-state index is 11.9. The fourth-order valence-electron chi connectivity index (χ4n) is 1.61. The number of carbonyl (C=O) groups excluding carboxylic acids is 1. The lowest BCUT2D eigenvalue weighted by Gasteiger charge is -2.10. The van der Waals surface area contributed by atoms with Gasteiger partial charge in [-0.05, 0) is 18.2 Å². The molecule has 1 heterocycles. The van der Waals surface area contributed by atoms with E-state index in [1.165, 1.54) is 13.3 Å². The predicted octanol–water partition coefficient (Wildman–Crippen LogP) is 2.74. The highest BCUT2D eigenvalue weighted by Crippen LogP contribution is 2.23. The summed E-state index contributed by atoms with van der Waals surface area (Å²) in [5.41, 5.74) is 1.16. The van der Waals surface area contributed by atoms with Crippen LogP contribution in [0.2, 0.25) is 0 Å². The zero-order valence-corrected chi connectivity index (χ0v) is 11.2. The lowest BCUT2D eigenvalue weighted by molar-refractivity contribution is 0.262. The Morgan fingerprint density at radius 1 is 1.05 bits per heavy atom. The van der Waals surface area contributed by atoms with Gasteiger partial charge < -0.3 is 20.1 Å². The Morgan fingerprint density at radius 3 is 2.50 bits per heavy atom. The summed E-state index contributed by atoms with van der Waals surface area (Å²) in [5, 5.41) is 5.37. The number of aromatic nitrogens is 1. The van der Waals surface area contributed by atoms with Gasteiger partial charge in [-0.15, -0.1) is 0 Å². The molecule has 2 aromatic rings. The normalized spacial score (nSPS) is 9.70. The minimum atomic E-state index is -0.374. The summed E-state index contributed by atoms with van der Waals surface area (Å²) in [5.74, 6) is 1.08. The van der Waals surface area contributed by atoms with E-state index in [4.69, 9.17) is 9.47 Å². The SMILES string of the molecule is COc1ccc(NC(=O)Nc2ccccc2OC)cn1. The standard InChI is InChI=1S/C14H15N3O3/c1-19-12-6-4-3-5-11(12)17-14(18)16-10-7-8-13(20-2)15-9-10/h3-9H,1-2H3,(H2,16,17,18). The van der Waals surface area contributed by atoms with Crippen molar-refractivity contribution >= 4 is 17.4 Å². The van der Waals surface area contributed by atoms with Gasteiger partial charge in [0.2, 0.25) is 5.88 Å². The van der Waals surface area contributed by atoms with Crippen LogP contribution in [0.3, 0.4) is 0 Å². The third kappa shape index (κ3) is 3.38. The number of anilines is 2. The van der Waals surface area contributed by atoms with Crippen LogP contribution in [-0.4, -0.2) is 25.2 Å². The Kier molecular flexibility index (Phi) is 4.39. The van der Waals surface area contributed by atoms with Crippen LogP contribution in [-0.2, 0) is 0 Å². The zero-order valence-electron chi connectivity index (χ0n) is 11.2. The first-order chi connectivity index (χ1) is 9.72. The fraction of sp³-hybridized carbons (Fsp3) is 0.143. The smallest absolute Gasteiger partial charge is 0.323 e. The largest absolute Gasteiger partial charge is 0.495 e. The minimum absolute atomic E-state index is 0.374. The van der Waals surface area contributed by atoms with Gasteiger partial charge in [-0.3, -0.25) is 0 Å². The van der Waals surface area contributed by atoms with Gasteiger partial charge in [0.15, 0.2) is 0 Å². The number of methoxy groups -OCH3 is 2. The molecule has 20 heavy (non-hydrogen) atoms. The molecule has 104 valence electrons. The third-order valence-corrected chi connectivity index (χ3v) is 2.56. The summed E-state index contributed by atoms with van der Waals surface area (Å²) in [6.45, 7) is 0. The molecule has 0 atom stereocenters. The number of ether oxygens (including phenoxy) is 2. The molecule has 2 N–H and O–H groups in total. The van der Waals surface area contributed by atoms with Crippen molar-refractivity contribution in [3.05, 3.63) is 42.6 Å². The summed E-state index contributed by atoms with van der Waals surface area (Å²) >= 11 is 0. The highest BCUT2D eigenvalue weighted by molar-refractivity contribution is 6.00. The zero-order chi connectivity index (χ0) is 14.4. The van der Waals surface area contributed by atoms with Crippen molar-refractivity contribution in [2.45, 2.75) is 0 Å². The molecule has 0 aliphatic carbocycles. The van der Waals surface area contributed by atoms with E-state index in [-0.39, 0.29) is 6.03 Å². The second-order valence-corrected chi connectivity index (χ2v) is 3.87. The number of rotatable bonds is 4. The molecule has 0 saturated heterocycles. The summed E-state index contributed by atoms with van der Waals surface area (Å²) < 4.78 is 10.1. The van der Waals surface area contributed by atoms with Crippen LogP contribution >= 0.6 is 0 Å². The van der Waals surface area contributed by atoms with Crippen LogP contribution in [0.4, 0.5) is 16.2 Å². The van der Waals surface area contributed by atoms with E-state index in [1.807, 2.05) is 12.1 Å². The number of amides is 2.